The average Bonchev–Trinajstić information content (AvgIpc) is 2.38. The van der Waals surface area contributed by atoms with Gasteiger partial charge in [0.15, 0.2) is 0 Å². The van der Waals surface area contributed by atoms with Gasteiger partial charge in [-0.05, 0) is 12.1 Å². The van der Waals surface area contributed by atoms with Gasteiger partial charge in [-0.25, -0.2) is 9.78 Å². The van der Waals surface area contributed by atoms with Crippen LogP contribution in [0.3, 0.4) is 0 Å². The van der Waals surface area contributed by atoms with Gasteiger partial charge in [0, 0.05) is 12.7 Å². The van der Waals surface area contributed by atoms with Crippen molar-refractivity contribution in [3.8, 4) is 0 Å². The molecule has 1 atom stereocenters. The molecule has 92 valence electrons. The van der Waals surface area contributed by atoms with Gasteiger partial charge in [-0.1, -0.05) is 0 Å². The van der Waals surface area contributed by atoms with Gasteiger partial charge >= 0.3 is 5.97 Å². The van der Waals surface area contributed by atoms with Crippen LogP contribution in [-0.2, 0) is 9.47 Å². The minimum Gasteiger partial charge on any atom is -0.478 e. The molecule has 17 heavy (non-hydrogen) atoms. The molecular formula is C11H14N2O4. The molecular weight excluding hydrogens is 224 g/mol. The zero-order chi connectivity index (χ0) is 12.1. The van der Waals surface area contributed by atoms with E-state index in [1.54, 1.807) is 12.3 Å². The molecule has 1 fully saturated rings. The van der Waals surface area contributed by atoms with Crippen LogP contribution in [0.4, 0.5) is 5.82 Å². The summed E-state index contributed by atoms with van der Waals surface area (Å²) in [6.45, 7) is 2.18. The third-order valence-electron chi connectivity index (χ3n) is 2.42. The summed E-state index contributed by atoms with van der Waals surface area (Å²) < 4.78 is 10.7. The van der Waals surface area contributed by atoms with E-state index in [2.05, 4.69) is 10.3 Å². The number of hydrogen-bond donors (Lipinski definition) is 2. The lowest BCUT2D eigenvalue weighted by atomic mass is 10.2. The summed E-state index contributed by atoms with van der Waals surface area (Å²) in [5.41, 5.74) is 0.157. The Hall–Kier alpha value is -1.66. The number of aromatic carboxylic acids is 1. The number of carboxylic acids is 1. The van der Waals surface area contributed by atoms with E-state index in [-0.39, 0.29) is 11.7 Å². The number of anilines is 1. The van der Waals surface area contributed by atoms with Crippen molar-refractivity contribution in [3.05, 3.63) is 23.9 Å². The lowest BCUT2D eigenvalue weighted by Crippen LogP contribution is -2.34. The van der Waals surface area contributed by atoms with Crippen molar-refractivity contribution >= 4 is 11.8 Å². The van der Waals surface area contributed by atoms with Gasteiger partial charge in [0.05, 0.1) is 25.9 Å². The lowest BCUT2D eigenvalue weighted by Gasteiger charge is -2.23. The molecule has 1 aromatic rings. The smallest absolute Gasteiger partial charge is 0.339 e. The quantitative estimate of drug-likeness (QED) is 0.799. The third kappa shape index (κ3) is 3.15. The highest BCUT2D eigenvalue weighted by atomic mass is 16.6. The zero-order valence-corrected chi connectivity index (χ0v) is 9.26. The van der Waals surface area contributed by atoms with Crippen molar-refractivity contribution in [2.75, 3.05) is 31.7 Å². The van der Waals surface area contributed by atoms with Crippen LogP contribution in [0.2, 0.25) is 0 Å². The molecule has 6 heteroatoms. The highest BCUT2D eigenvalue weighted by molar-refractivity contribution is 5.92. The van der Waals surface area contributed by atoms with Crippen LogP contribution in [0, 0.1) is 0 Å². The molecule has 1 saturated heterocycles. The maximum Gasteiger partial charge on any atom is 0.339 e. The predicted octanol–water partition coefficient (Wildman–Crippen LogP) is 0.607. The number of nitrogens with zero attached hydrogens (tertiary/aromatic N) is 1. The van der Waals surface area contributed by atoms with Crippen molar-refractivity contribution in [2.45, 2.75) is 6.10 Å². The maximum absolute atomic E-state index is 10.9. The van der Waals surface area contributed by atoms with Crippen LogP contribution in [0.25, 0.3) is 0 Å². The molecule has 0 bridgehead atoms. The van der Waals surface area contributed by atoms with Gasteiger partial charge in [0.2, 0.25) is 0 Å². The Bertz CT molecular complexity index is 391. The van der Waals surface area contributed by atoms with Gasteiger partial charge in [0.1, 0.15) is 11.4 Å². The maximum atomic E-state index is 10.9. The summed E-state index contributed by atoms with van der Waals surface area (Å²) in [5.74, 6) is -0.643. The van der Waals surface area contributed by atoms with Crippen LogP contribution in [0.5, 0.6) is 0 Å². The molecule has 1 aliphatic rings. The van der Waals surface area contributed by atoms with Gasteiger partial charge in [-0.2, -0.15) is 0 Å². The van der Waals surface area contributed by atoms with Crippen LogP contribution >= 0.6 is 0 Å². The monoisotopic (exact) mass is 238 g/mol. The molecule has 0 amide bonds. The van der Waals surface area contributed by atoms with Crippen LogP contribution in [0.15, 0.2) is 18.3 Å². The zero-order valence-electron chi connectivity index (χ0n) is 9.26. The summed E-state index contributed by atoms with van der Waals surface area (Å²) in [7, 11) is 0. The van der Waals surface area contributed by atoms with Crippen molar-refractivity contribution in [1.82, 2.24) is 4.98 Å². The number of pyridine rings is 1. The van der Waals surface area contributed by atoms with E-state index in [1.165, 1.54) is 6.07 Å². The third-order valence-corrected chi connectivity index (χ3v) is 2.42. The van der Waals surface area contributed by atoms with Crippen molar-refractivity contribution in [2.24, 2.45) is 0 Å². The summed E-state index contributed by atoms with van der Waals surface area (Å²) >= 11 is 0. The summed E-state index contributed by atoms with van der Waals surface area (Å²) in [6.07, 6.45) is 1.49. The van der Waals surface area contributed by atoms with Gasteiger partial charge in [-0.3, -0.25) is 0 Å². The molecule has 0 radical (unpaired) electrons. The number of aromatic nitrogens is 1. The second-order valence-electron chi connectivity index (χ2n) is 3.65. The van der Waals surface area contributed by atoms with E-state index >= 15 is 0 Å². The minimum atomic E-state index is -0.999. The molecule has 6 nitrogen and oxygen atoms in total. The first-order chi connectivity index (χ1) is 8.27. The van der Waals surface area contributed by atoms with Crippen LogP contribution in [0.1, 0.15) is 10.4 Å². The minimum absolute atomic E-state index is 0.0626. The first kappa shape index (κ1) is 11.8. The van der Waals surface area contributed by atoms with E-state index in [0.29, 0.717) is 32.2 Å². The molecule has 1 unspecified atom stereocenters. The van der Waals surface area contributed by atoms with E-state index in [9.17, 15) is 4.79 Å². The van der Waals surface area contributed by atoms with Crippen LogP contribution in [-0.4, -0.2) is 48.5 Å². The normalized spacial score (nSPS) is 19.9. The van der Waals surface area contributed by atoms with E-state index < -0.39 is 5.97 Å². The largest absolute Gasteiger partial charge is 0.478 e. The Balaban J connectivity index is 1.96. The second kappa shape index (κ2) is 5.60. The number of carboxylic acid groups (broad SMARTS) is 1. The van der Waals surface area contributed by atoms with Gasteiger partial charge in [0.25, 0.3) is 0 Å². The molecule has 2 N–H and O–H groups in total. The Kier molecular flexibility index (Phi) is 3.89. The standard InChI is InChI=1S/C11H14N2O4/c14-11(15)9-2-1-3-12-10(9)13-6-8-7-16-4-5-17-8/h1-3,8H,4-7H2,(H,12,13)(H,14,15). The van der Waals surface area contributed by atoms with Crippen LogP contribution < -0.4 is 5.32 Å². The topological polar surface area (TPSA) is 80.7 Å². The molecule has 0 spiro atoms. The van der Waals surface area contributed by atoms with Crippen molar-refractivity contribution < 1.29 is 19.4 Å². The first-order valence-electron chi connectivity index (χ1n) is 5.39. The fourth-order valence-corrected chi connectivity index (χ4v) is 1.58. The molecule has 0 aliphatic carbocycles. The fraction of sp³-hybridized carbons (Fsp3) is 0.455. The molecule has 2 rings (SSSR count). The SMILES string of the molecule is O=C(O)c1cccnc1NCC1COCCO1. The second-order valence-corrected chi connectivity index (χ2v) is 3.65. The first-order valence-corrected chi connectivity index (χ1v) is 5.39. The molecule has 1 aliphatic heterocycles. The number of nitrogens with one attached hydrogen (secondary N) is 1. The summed E-state index contributed by atoms with van der Waals surface area (Å²) in [6, 6.07) is 3.10. The van der Waals surface area contributed by atoms with E-state index in [1.807, 2.05) is 0 Å². The molecule has 2 heterocycles. The molecule has 0 aromatic carbocycles. The summed E-state index contributed by atoms with van der Waals surface area (Å²) in [5, 5.41) is 11.9. The number of carbonyl (C=O) groups is 1. The van der Waals surface area contributed by atoms with Crippen molar-refractivity contribution in [3.63, 3.8) is 0 Å². The van der Waals surface area contributed by atoms with Crippen molar-refractivity contribution in [1.29, 1.82) is 0 Å². The Morgan fingerprint density at radius 1 is 1.59 bits per heavy atom. The predicted molar refractivity (Wildman–Crippen MR) is 60.2 cm³/mol. The molecule has 0 saturated carbocycles. The highest BCUT2D eigenvalue weighted by Gasteiger charge is 2.16. The number of hydrogen-bond acceptors (Lipinski definition) is 5. The highest BCUT2D eigenvalue weighted by Crippen LogP contribution is 2.12. The summed E-state index contributed by atoms with van der Waals surface area (Å²) in [4.78, 5) is 14.9. The van der Waals surface area contributed by atoms with E-state index in [4.69, 9.17) is 14.6 Å². The van der Waals surface area contributed by atoms with E-state index in [0.717, 1.165) is 0 Å². The number of rotatable bonds is 4. The lowest BCUT2D eigenvalue weighted by molar-refractivity contribution is -0.0819. The Morgan fingerprint density at radius 2 is 2.47 bits per heavy atom. The fourth-order valence-electron chi connectivity index (χ4n) is 1.58. The van der Waals surface area contributed by atoms with Gasteiger partial charge < -0.3 is 19.9 Å². The van der Waals surface area contributed by atoms with Gasteiger partial charge in [-0.15, -0.1) is 0 Å². The number of ether oxygens (including phenoxy) is 2. The Labute approximate surface area is 98.6 Å². The molecule has 1 aromatic heterocycles. The Morgan fingerprint density at radius 3 is 3.18 bits per heavy atom. The average molecular weight is 238 g/mol.